The van der Waals surface area contributed by atoms with Crippen molar-refractivity contribution >= 4 is 12.2 Å². The molecule has 0 saturated carbocycles. The molecule has 0 aliphatic carbocycles. The van der Waals surface area contributed by atoms with E-state index in [1.165, 1.54) is 0 Å². The molecule has 0 radical (unpaired) electrons. The van der Waals surface area contributed by atoms with Crippen LogP contribution in [0.15, 0.2) is 12.1 Å². The molecule has 0 amide bonds. The molecule has 1 aromatic heterocycles. The minimum Gasteiger partial charge on any atom is -0.335 e. The maximum Gasteiger partial charge on any atom is 0.214 e. The average Bonchev–Trinajstić information content (AvgIpc) is 2.58. The summed E-state index contributed by atoms with van der Waals surface area (Å²) in [4.78, 5) is 0. The lowest BCUT2D eigenvalue weighted by atomic mass is 10.2. The second-order valence-electron chi connectivity index (χ2n) is 2.95. The van der Waals surface area contributed by atoms with Crippen molar-refractivity contribution in [2.24, 2.45) is 0 Å². The normalized spacial score (nSPS) is 10.7. The number of benzene rings is 1. The number of aromatic amines is 1. The maximum absolute atomic E-state index is 13.4. The molecule has 0 fully saturated rings. The standard InChI is InChI=1S/C8H5F3N4S/c9-4-2-1-3(5(10)6(4)11)7-13-14-8(16)15(7)12/h1-2H,12H2,(H,14,16). The number of nitrogens with two attached hydrogens (primary N) is 1. The highest BCUT2D eigenvalue weighted by atomic mass is 32.1. The van der Waals surface area contributed by atoms with E-state index in [9.17, 15) is 13.2 Å². The molecule has 0 atom stereocenters. The zero-order valence-corrected chi connectivity index (χ0v) is 8.49. The Hall–Kier alpha value is -1.83. The summed E-state index contributed by atoms with van der Waals surface area (Å²) >= 11 is 4.71. The van der Waals surface area contributed by atoms with Crippen LogP contribution < -0.4 is 5.84 Å². The van der Waals surface area contributed by atoms with Gasteiger partial charge < -0.3 is 5.84 Å². The molecule has 2 rings (SSSR count). The van der Waals surface area contributed by atoms with Gasteiger partial charge in [0.25, 0.3) is 0 Å². The first-order valence-corrected chi connectivity index (χ1v) is 4.49. The molecule has 0 saturated heterocycles. The lowest BCUT2D eigenvalue weighted by Crippen LogP contribution is -2.11. The van der Waals surface area contributed by atoms with Crippen molar-refractivity contribution < 1.29 is 13.2 Å². The fourth-order valence-electron chi connectivity index (χ4n) is 1.19. The van der Waals surface area contributed by atoms with E-state index in [-0.39, 0.29) is 16.2 Å². The quantitative estimate of drug-likeness (QED) is 0.457. The van der Waals surface area contributed by atoms with Gasteiger partial charge in [0.1, 0.15) is 0 Å². The van der Waals surface area contributed by atoms with Crippen LogP contribution in [0, 0.1) is 22.2 Å². The Balaban J connectivity index is 2.70. The molecular weight excluding hydrogens is 241 g/mol. The summed E-state index contributed by atoms with van der Waals surface area (Å²) in [6, 6.07) is 1.81. The number of nitrogens with zero attached hydrogens (tertiary/aromatic N) is 2. The van der Waals surface area contributed by atoms with Crippen LogP contribution >= 0.6 is 12.2 Å². The molecule has 0 aliphatic rings. The van der Waals surface area contributed by atoms with E-state index < -0.39 is 17.5 Å². The van der Waals surface area contributed by atoms with Crippen molar-refractivity contribution in [2.75, 3.05) is 5.84 Å². The fraction of sp³-hybridized carbons (Fsp3) is 0. The molecule has 3 N–H and O–H groups in total. The van der Waals surface area contributed by atoms with E-state index in [0.717, 1.165) is 16.8 Å². The Morgan fingerprint density at radius 2 is 1.94 bits per heavy atom. The Labute approximate surface area is 92.5 Å². The van der Waals surface area contributed by atoms with Gasteiger partial charge in [0.15, 0.2) is 23.3 Å². The third-order valence-corrected chi connectivity index (χ3v) is 2.27. The first-order valence-electron chi connectivity index (χ1n) is 4.08. The van der Waals surface area contributed by atoms with Crippen molar-refractivity contribution in [3.63, 3.8) is 0 Å². The number of hydrogen-bond acceptors (Lipinski definition) is 3. The van der Waals surface area contributed by atoms with Crippen LogP contribution in [0.1, 0.15) is 0 Å². The second kappa shape index (κ2) is 3.63. The number of hydrogen-bond donors (Lipinski definition) is 2. The van der Waals surface area contributed by atoms with Gasteiger partial charge >= 0.3 is 0 Å². The third-order valence-electron chi connectivity index (χ3n) is 1.98. The first-order chi connectivity index (χ1) is 7.52. The van der Waals surface area contributed by atoms with Gasteiger partial charge in [-0.25, -0.2) is 22.9 Å². The van der Waals surface area contributed by atoms with E-state index in [1.54, 1.807) is 0 Å². The van der Waals surface area contributed by atoms with Gasteiger partial charge in [-0.05, 0) is 24.4 Å². The molecule has 1 aromatic carbocycles. The fourth-order valence-corrected chi connectivity index (χ4v) is 1.33. The molecule has 8 heteroatoms. The number of nitrogen functional groups attached to an aromatic ring is 1. The Morgan fingerprint density at radius 1 is 1.25 bits per heavy atom. The molecule has 84 valence electrons. The largest absolute Gasteiger partial charge is 0.335 e. The zero-order chi connectivity index (χ0) is 11.9. The maximum atomic E-state index is 13.4. The van der Waals surface area contributed by atoms with Gasteiger partial charge in [-0.2, -0.15) is 5.10 Å². The highest BCUT2D eigenvalue weighted by Crippen LogP contribution is 2.23. The van der Waals surface area contributed by atoms with Gasteiger partial charge in [-0.1, -0.05) is 0 Å². The van der Waals surface area contributed by atoms with Crippen LogP contribution in [0.5, 0.6) is 0 Å². The van der Waals surface area contributed by atoms with E-state index in [1.807, 2.05) is 0 Å². The van der Waals surface area contributed by atoms with Crippen LogP contribution in [0.3, 0.4) is 0 Å². The number of aromatic nitrogens is 3. The van der Waals surface area contributed by atoms with Crippen molar-refractivity contribution in [3.05, 3.63) is 34.4 Å². The zero-order valence-electron chi connectivity index (χ0n) is 7.67. The van der Waals surface area contributed by atoms with Crippen molar-refractivity contribution in [3.8, 4) is 11.4 Å². The summed E-state index contributed by atoms with van der Waals surface area (Å²) in [6.45, 7) is 0. The number of rotatable bonds is 1. The van der Waals surface area contributed by atoms with Crippen molar-refractivity contribution in [1.82, 2.24) is 14.9 Å². The summed E-state index contributed by atoms with van der Waals surface area (Å²) in [5.74, 6) is 1.10. The van der Waals surface area contributed by atoms with Gasteiger partial charge in [0.05, 0.1) is 5.56 Å². The highest BCUT2D eigenvalue weighted by molar-refractivity contribution is 7.71. The van der Waals surface area contributed by atoms with Gasteiger partial charge in [-0.15, -0.1) is 0 Å². The summed E-state index contributed by atoms with van der Waals surface area (Å²) in [5.41, 5.74) is -0.270. The Kier molecular flexibility index (Phi) is 2.43. The SMILES string of the molecule is Nn1c(-c2ccc(F)c(F)c2F)n[nH]c1=S. The smallest absolute Gasteiger partial charge is 0.214 e. The first kappa shape index (κ1) is 10.7. The van der Waals surface area contributed by atoms with E-state index in [0.29, 0.717) is 0 Å². The van der Waals surface area contributed by atoms with Gasteiger partial charge in [0.2, 0.25) is 4.77 Å². The topological polar surface area (TPSA) is 59.6 Å². The molecule has 16 heavy (non-hydrogen) atoms. The number of H-pyrrole nitrogens is 1. The third kappa shape index (κ3) is 1.47. The highest BCUT2D eigenvalue weighted by Gasteiger charge is 2.18. The molecule has 0 aliphatic heterocycles. The van der Waals surface area contributed by atoms with Crippen LogP contribution in [0.4, 0.5) is 13.2 Å². The molecule has 2 aromatic rings. The molecule has 0 spiro atoms. The Bertz CT molecular complexity index is 604. The lowest BCUT2D eigenvalue weighted by molar-refractivity contribution is 0.448. The van der Waals surface area contributed by atoms with E-state index in [2.05, 4.69) is 10.2 Å². The second-order valence-corrected chi connectivity index (χ2v) is 3.33. The minimum absolute atomic E-state index is 0.0409. The van der Waals surface area contributed by atoms with Crippen molar-refractivity contribution in [1.29, 1.82) is 0 Å². The monoisotopic (exact) mass is 246 g/mol. The minimum atomic E-state index is -1.58. The molecule has 0 unspecified atom stereocenters. The predicted molar refractivity (Wildman–Crippen MR) is 52.9 cm³/mol. The molecule has 1 heterocycles. The number of halogens is 3. The predicted octanol–water partition coefficient (Wildman–Crippen LogP) is 1.74. The lowest BCUT2D eigenvalue weighted by Gasteiger charge is -2.03. The summed E-state index contributed by atoms with van der Waals surface area (Å²) in [5, 5.41) is 5.91. The molecule has 4 nitrogen and oxygen atoms in total. The number of nitrogens with one attached hydrogen (secondary N) is 1. The van der Waals surface area contributed by atoms with Gasteiger partial charge in [-0.3, -0.25) is 0 Å². The Morgan fingerprint density at radius 3 is 2.50 bits per heavy atom. The average molecular weight is 246 g/mol. The molecule has 0 bridgehead atoms. The summed E-state index contributed by atoms with van der Waals surface area (Å²) < 4.78 is 39.9. The van der Waals surface area contributed by atoms with Crippen LogP contribution in [-0.4, -0.2) is 14.9 Å². The van der Waals surface area contributed by atoms with Crippen LogP contribution in [0.25, 0.3) is 11.4 Å². The van der Waals surface area contributed by atoms with E-state index in [4.69, 9.17) is 18.1 Å². The molecular formula is C8H5F3N4S. The van der Waals surface area contributed by atoms with Crippen molar-refractivity contribution in [2.45, 2.75) is 0 Å². The summed E-state index contributed by atoms with van der Waals surface area (Å²) in [6.07, 6.45) is 0. The van der Waals surface area contributed by atoms with Crippen LogP contribution in [-0.2, 0) is 0 Å². The summed E-state index contributed by atoms with van der Waals surface area (Å²) in [7, 11) is 0. The van der Waals surface area contributed by atoms with Gasteiger partial charge in [0, 0.05) is 0 Å². The van der Waals surface area contributed by atoms with Crippen LogP contribution in [0.2, 0.25) is 0 Å². The van der Waals surface area contributed by atoms with E-state index >= 15 is 0 Å².